The smallest absolute Gasteiger partial charge is 0.114 e. The predicted octanol–water partition coefficient (Wildman–Crippen LogP) is 3.26. The minimum atomic E-state index is 0.216. The van der Waals surface area contributed by atoms with Gasteiger partial charge in [-0.3, -0.25) is 5.01 Å². The molecule has 116 valence electrons. The molecule has 4 heteroatoms. The molecule has 0 aromatic heterocycles. The van der Waals surface area contributed by atoms with Gasteiger partial charge in [0.25, 0.3) is 0 Å². The van der Waals surface area contributed by atoms with Crippen LogP contribution in [0.15, 0.2) is 48.4 Å². The topological polar surface area (TPSA) is 27.6 Å². The molecule has 0 atom stereocenters. The SMILES string of the molecule is [B]c1ccc(N(/N=C(\C(=C)NC=C)C(C)C)C(C)C)cc1C. The van der Waals surface area contributed by atoms with Crippen LogP contribution in [0, 0.1) is 12.8 Å². The number of allylic oxidation sites excluding steroid dienone is 1. The summed E-state index contributed by atoms with van der Waals surface area (Å²) in [5.74, 6) is 0.246. The van der Waals surface area contributed by atoms with Crippen molar-refractivity contribution in [3.63, 3.8) is 0 Å². The van der Waals surface area contributed by atoms with E-state index in [-0.39, 0.29) is 12.0 Å². The Bertz CT molecular complexity index is 574. The Labute approximate surface area is 136 Å². The first-order chi connectivity index (χ1) is 10.3. The Morgan fingerprint density at radius 3 is 2.41 bits per heavy atom. The fraction of sp³-hybridized carbons (Fsp3) is 0.389. The molecule has 1 rings (SSSR count). The number of rotatable bonds is 7. The molecule has 1 aromatic rings. The van der Waals surface area contributed by atoms with E-state index in [9.17, 15) is 0 Å². The lowest BCUT2D eigenvalue weighted by Gasteiger charge is -2.27. The van der Waals surface area contributed by atoms with Gasteiger partial charge < -0.3 is 5.32 Å². The number of anilines is 1. The molecule has 0 aliphatic heterocycles. The first-order valence-electron chi connectivity index (χ1n) is 7.58. The van der Waals surface area contributed by atoms with E-state index in [4.69, 9.17) is 12.9 Å². The lowest BCUT2D eigenvalue weighted by molar-refractivity contribution is 0.703. The fourth-order valence-corrected chi connectivity index (χ4v) is 2.11. The summed E-state index contributed by atoms with van der Waals surface area (Å²) in [6, 6.07) is 6.18. The molecule has 0 fully saturated rings. The van der Waals surface area contributed by atoms with Crippen LogP contribution in [-0.4, -0.2) is 19.6 Å². The van der Waals surface area contributed by atoms with Crippen molar-refractivity contribution in [1.82, 2.24) is 5.32 Å². The van der Waals surface area contributed by atoms with Gasteiger partial charge in [0, 0.05) is 6.04 Å². The molecular formula is C18H26BN3. The average molecular weight is 295 g/mol. The van der Waals surface area contributed by atoms with Crippen molar-refractivity contribution < 1.29 is 0 Å². The highest BCUT2D eigenvalue weighted by Crippen LogP contribution is 2.20. The van der Waals surface area contributed by atoms with Crippen LogP contribution < -0.4 is 15.8 Å². The van der Waals surface area contributed by atoms with Crippen LogP contribution in [0.4, 0.5) is 5.69 Å². The van der Waals surface area contributed by atoms with Crippen molar-refractivity contribution in [1.29, 1.82) is 0 Å². The van der Waals surface area contributed by atoms with Crippen LogP contribution in [-0.2, 0) is 0 Å². The Morgan fingerprint density at radius 2 is 1.95 bits per heavy atom. The third-order valence-electron chi connectivity index (χ3n) is 3.35. The van der Waals surface area contributed by atoms with E-state index < -0.39 is 0 Å². The Balaban J connectivity index is 3.28. The van der Waals surface area contributed by atoms with Crippen molar-refractivity contribution in [2.24, 2.45) is 11.0 Å². The summed E-state index contributed by atoms with van der Waals surface area (Å²) in [5.41, 5.74) is 4.53. The van der Waals surface area contributed by atoms with Gasteiger partial charge >= 0.3 is 0 Å². The highest BCUT2D eigenvalue weighted by molar-refractivity contribution is 6.33. The van der Waals surface area contributed by atoms with Crippen LogP contribution in [0.3, 0.4) is 0 Å². The summed E-state index contributed by atoms with van der Waals surface area (Å²) in [7, 11) is 5.91. The predicted molar refractivity (Wildman–Crippen MR) is 98.9 cm³/mol. The summed E-state index contributed by atoms with van der Waals surface area (Å²) in [4.78, 5) is 0. The maximum absolute atomic E-state index is 5.91. The van der Waals surface area contributed by atoms with Gasteiger partial charge in [-0.15, -0.1) is 0 Å². The number of hydrazone groups is 1. The molecule has 0 saturated heterocycles. The third kappa shape index (κ3) is 4.52. The number of benzene rings is 1. The summed E-state index contributed by atoms with van der Waals surface area (Å²) in [5, 5.41) is 9.87. The molecule has 1 aromatic carbocycles. The zero-order valence-corrected chi connectivity index (χ0v) is 14.4. The molecule has 1 N–H and O–H groups in total. The van der Waals surface area contributed by atoms with Gasteiger partial charge in [-0.1, -0.05) is 44.1 Å². The Hall–Kier alpha value is -1.97. The monoisotopic (exact) mass is 295 g/mol. The van der Waals surface area contributed by atoms with Gasteiger partial charge in [-0.2, -0.15) is 5.10 Å². The molecular weight excluding hydrogens is 269 g/mol. The minimum absolute atomic E-state index is 0.216. The normalized spacial score (nSPS) is 11.7. The maximum Gasteiger partial charge on any atom is 0.114 e. The Kier molecular flexibility index (Phi) is 6.48. The van der Waals surface area contributed by atoms with Crippen molar-refractivity contribution in [2.45, 2.75) is 40.7 Å². The van der Waals surface area contributed by atoms with E-state index in [1.807, 2.05) is 24.1 Å². The van der Waals surface area contributed by atoms with E-state index in [1.165, 1.54) is 0 Å². The number of hydrogen-bond acceptors (Lipinski definition) is 3. The maximum atomic E-state index is 5.91. The Morgan fingerprint density at radius 1 is 1.32 bits per heavy atom. The van der Waals surface area contributed by atoms with Crippen LogP contribution in [0.5, 0.6) is 0 Å². The molecule has 2 radical (unpaired) electrons. The standard InChI is InChI=1S/C18H26BN3/c1-8-20-15(7)18(12(2)3)21-22(13(4)5)16-9-10-17(19)14(6)11-16/h8-13,20H,1,7H2,2-6H3/b21-18-. The zero-order valence-electron chi connectivity index (χ0n) is 14.4. The lowest BCUT2D eigenvalue weighted by atomic mass is 9.91. The molecule has 0 aliphatic carbocycles. The largest absolute Gasteiger partial charge is 0.361 e. The molecule has 0 saturated carbocycles. The van der Waals surface area contributed by atoms with E-state index in [2.05, 4.69) is 52.2 Å². The molecule has 0 aliphatic rings. The average Bonchev–Trinajstić information content (AvgIpc) is 2.42. The van der Waals surface area contributed by atoms with Crippen LogP contribution in [0.1, 0.15) is 33.3 Å². The second kappa shape index (κ2) is 7.88. The minimum Gasteiger partial charge on any atom is -0.361 e. The van der Waals surface area contributed by atoms with Gasteiger partial charge in [0.2, 0.25) is 0 Å². The van der Waals surface area contributed by atoms with Crippen molar-refractivity contribution in [3.8, 4) is 0 Å². The summed E-state index contributed by atoms with van der Waals surface area (Å²) < 4.78 is 0. The molecule has 0 unspecified atom stereocenters. The quantitative estimate of drug-likeness (QED) is 0.475. The van der Waals surface area contributed by atoms with Crippen LogP contribution in [0.2, 0.25) is 0 Å². The van der Waals surface area contributed by atoms with E-state index in [1.54, 1.807) is 6.20 Å². The van der Waals surface area contributed by atoms with Crippen LogP contribution >= 0.6 is 0 Å². The summed E-state index contributed by atoms with van der Waals surface area (Å²) in [6.45, 7) is 18.1. The van der Waals surface area contributed by atoms with E-state index in [0.717, 1.165) is 28.1 Å². The number of aryl methyl sites for hydroxylation is 1. The van der Waals surface area contributed by atoms with Gasteiger partial charge in [-0.25, -0.2) is 0 Å². The number of hydrogen-bond donors (Lipinski definition) is 1. The number of nitrogens with one attached hydrogen (secondary N) is 1. The van der Waals surface area contributed by atoms with Crippen molar-refractivity contribution in [3.05, 3.63) is 48.8 Å². The van der Waals surface area contributed by atoms with Crippen LogP contribution in [0.25, 0.3) is 0 Å². The van der Waals surface area contributed by atoms with Gasteiger partial charge in [0.05, 0.1) is 17.1 Å². The van der Waals surface area contributed by atoms with E-state index >= 15 is 0 Å². The summed E-state index contributed by atoms with van der Waals surface area (Å²) in [6.07, 6.45) is 1.62. The summed E-state index contributed by atoms with van der Waals surface area (Å²) >= 11 is 0. The zero-order chi connectivity index (χ0) is 16.9. The van der Waals surface area contributed by atoms with Gasteiger partial charge in [0.15, 0.2) is 0 Å². The molecule has 0 amide bonds. The second-order valence-corrected chi connectivity index (χ2v) is 5.95. The van der Waals surface area contributed by atoms with Gasteiger partial charge in [0.1, 0.15) is 7.85 Å². The molecule has 0 bridgehead atoms. The highest BCUT2D eigenvalue weighted by Gasteiger charge is 2.15. The second-order valence-electron chi connectivity index (χ2n) is 5.95. The lowest BCUT2D eigenvalue weighted by Crippen LogP contribution is -2.30. The third-order valence-corrected chi connectivity index (χ3v) is 3.35. The van der Waals surface area contributed by atoms with Crippen molar-refractivity contribution >= 4 is 24.7 Å². The van der Waals surface area contributed by atoms with Gasteiger partial charge in [-0.05, 0) is 45.0 Å². The highest BCUT2D eigenvalue weighted by atomic mass is 15.5. The number of nitrogens with zero attached hydrogens (tertiary/aromatic N) is 2. The first-order valence-corrected chi connectivity index (χ1v) is 7.58. The molecule has 0 heterocycles. The molecule has 22 heavy (non-hydrogen) atoms. The van der Waals surface area contributed by atoms with Crippen molar-refractivity contribution in [2.75, 3.05) is 5.01 Å². The molecule has 3 nitrogen and oxygen atoms in total. The van der Waals surface area contributed by atoms with E-state index in [0.29, 0.717) is 0 Å². The first kappa shape index (κ1) is 18.1. The fourth-order valence-electron chi connectivity index (χ4n) is 2.11. The molecule has 0 spiro atoms.